The number of nitrogens with zero attached hydrogens (tertiary/aromatic N) is 1. The second-order valence-electron chi connectivity index (χ2n) is 5.28. The van der Waals surface area contributed by atoms with Crippen LogP contribution in [0.15, 0.2) is 48.5 Å². The summed E-state index contributed by atoms with van der Waals surface area (Å²) in [4.78, 5) is 34.7. The summed E-state index contributed by atoms with van der Waals surface area (Å²) in [5, 5.41) is 13.7. The van der Waals surface area contributed by atoms with Gasteiger partial charge in [0.15, 0.2) is 11.9 Å². The normalized spacial score (nSPS) is 11.3. The highest BCUT2D eigenvalue weighted by Gasteiger charge is 2.23. The summed E-state index contributed by atoms with van der Waals surface area (Å²) in [7, 11) is 0. The molecule has 1 amide bonds. The molecule has 0 fully saturated rings. The van der Waals surface area contributed by atoms with Crippen molar-refractivity contribution in [3.63, 3.8) is 0 Å². The lowest BCUT2D eigenvalue weighted by Gasteiger charge is -2.14. The average Bonchev–Trinajstić information content (AvgIpc) is 2.62. The van der Waals surface area contributed by atoms with Gasteiger partial charge in [0.2, 0.25) is 0 Å². The summed E-state index contributed by atoms with van der Waals surface area (Å²) in [6, 6.07) is 12.4. The first-order valence-electron chi connectivity index (χ1n) is 7.90. The molecule has 2 aromatic carbocycles. The number of rotatable bonds is 7. The Hall–Kier alpha value is -3.42. The smallest absolute Gasteiger partial charge is 0.339 e. The maximum Gasteiger partial charge on any atom is 0.339 e. The van der Waals surface area contributed by atoms with Crippen LogP contribution in [0.2, 0.25) is 0 Å². The molecule has 0 saturated heterocycles. The van der Waals surface area contributed by atoms with Gasteiger partial charge in [-0.2, -0.15) is 0 Å². The highest BCUT2D eigenvalue weighted by atomic mass is 16.6. The minimum Gasteiger partial charge on any atom is -0.487 e. The average molecular weight is 358 g/mol. The molecule has 136 valence electrons. The Bertz CT molecular complexity index is 807. The van der Waals surface area contributed by atoms with Crippen molar-refractivity contribution in [3.05, 3.63) is 64.2 Å². The number of nitro benzene ring substituents is 1. The zero-order chi connectivity index (χ0) is 19.1. The predicted molar refractivity (Wildman–Crippen MR) is 94.2 cm³/mol. The first-order valence-corrected chi connectivity index (χ1v) is 7.90. The Labute approximate surface area is 149 Å². The van der Waals surface area contributed by atoms with Gasteiger partial charge in [-0.1, -0.05) is 18.2 Å². The third-order valence-corrected chi connectivity index (χ3v) is 3.39. The van der Waals surface area contributed by atoms with Crippen LogP contribution < -0.4 is 10.1 Å². The van der Waals surface area contributed by atoms with Gasteiger partial charge >= 0.3 is 11.7 Å². The Balaban J connectivity index is 2.07. The van der Waals surface area contributed by atoms with E-state index in [4.69, 9.17) is 9.47 Å². The molecule has 1 N–H and O–H groups in total. The molecule has 0 saturated carbocycles. The maximum atomic E-state index is 12.2. The lowest BCUT2D eigenvalue weighted by molar-refractivity contribution is -0.385. The van der Waals surface area contributed by atoms with Crippen LogP contribution in [0.3, 0.4) is 0 Å². The summed E-state index contributed by atoms with van der Waals surface area (Å²) >= 11 is 0. The quantitative estimate of drug-likeness (QED) is 0.463. The molecule has 2 rings (SSSR count). The van der Waals surface area contributed by atoms with E-state index in [1.165, 1.54) is 19.1 Å². The van der Waals surface area contributed by atoms with Crippen LogP contribution in [0.4, 0.5) is 11.4 Å². The minimum atomic E-state index is -1.08. The first-order chi connectivity index (χ1) is 12.4. The number of anilines is 1. The highest BCUT2D eigenvalue weighted by Crippen LogP contribution is 2.28. The van der Waals surface area contributed by atoms with E-state index in [1.807, 2.05) is 0 Å². The van der Waals surface area contributed by atoms with Gasteiger partial charge in [-0.05, 0) is 38.1 Å². The lowest BCUT2D eigenvalue weighted by atomic mass is 10.2. The molecule has 2 aromatic rings. The van der Waals surface area contributed by atoms with Crippen LogP contribution >= 0.6 is 0 Å². The number of nitro groups is 1. The summed E-state index contributed by atoms with van der Waals surface area (Å²) in [6.07, 6.45) is -1.08. The number of benzene rings is 2. The second kappa shape index (κ2) is 8.61. The molecule has 8 nitrogen and oxygen atoms in total. The number of carbonyl (C=O) groups is 2. The van der Waals surface area contributed by atoms with Crippen molar-refractivity contribution in [1.82, 2.24) is 0 Å². The molecule has 0 heterocycles. The van der Waals surface area contributed by atoms with Gasteiger partial charge < -0.3 is 14.8 Å². The molecule has 0 aromatic heterocycles. The number of esters is 1. The number of hydrogen-bond donors (Lipinski definition) is 1. The molecule has 1 atom stereocenters. The van der Waals surface area contributed by atoms with Crippen LogP contribution in [0.1, 0.15) is 24.2 Å². The third-order valence-electron chi connectivity index (χ3n) is 3.39. The lowest BCUT2D eigenvalue weighted by Crippen LogP contribution is -2.30. The molecule has 0 unspecified atom stereocenters. The fraction of sp³-hybridized carbons (Fsp3) is 0.222. The van der Waals surface area contributed by atoms with Gasteiger partial charge in [0.05, 0.1) is 17.1 Å². The maximum absolute atomic E-state index is 12.2. The van der Waals surface area contributed by atoms with E-state index in [-0.39, 0.29) is 23.6 Å². The van der Waals surface area contributed by atoms with Gasteiger partial charge in [0.25, 0.3) is 5.91 Å². The monoisotopic (exact) mass is 358 g/mol. The van der Waals surface area contributed by atoms with Crippen LogP contribution in [-0.2, 0) is 9.53 Å². The van der Waals surface area contributed by atoms with E-state index >= 15 is 0 Å². The number of hydrogen-bond acceptors (Lipinski definition) is 6. The Kier molecular flexibility index (Phi) is 6.26. The van der Waals surface area contributed by atoms with Crippen molar-refractivity contribution in [1.29, 1.82) is 0 Å². The standard InChI is InChI=1S/C18H18N2O6/c1-3-25-16-10-9-13(11-15(16)20(23)24)18(22)26-12(2)17(21)19-14-7-5-4-6-8-14/h4-12H,3H2,1-2H3,(H,19,21)/t12-/m1/s1. The van der Waals surface area contributed by atoms with Gasteiger partial charge in [0, 0.05) is 11.8 Å². The van der Waals surface area contributed by atoms with Crippen molar-refractivity contribution in [2.75, 3.05) is 11.9 Å². The molecule has 0 aliphatic carbocycles. The van der Waals surface area contributed by atoms with Crippen molar-refractivity contribution in [3.8, 4) is 5.75 Å². The van der Waals surface area contributed by atoms with Crippen molar-refractivity contribution in [2.24, 2.45) is 0 Å². The fourth-order valence-electron chi connectivity index (χ4n) is 2.11. The SMILES string of the molecule is CCOc1ccc(C(=O)O[C@H](C)C(=O)Nc2ccccc2)cc1[N+](=O)[O-]. The van der Waals surface area contributed by atoms with E-state index in [0.717, 1.165) is 6.07 Å². The number of nitrogens with one attached hydrogen (secondary N) is 1. The molecular weight excluding hydrogens is 340 g/mol. The fourth-order valence-corrected chi connectivity index (χ4v) is 2.11. The van der Waals surface area contributed by atoms with E-state index < -0.39 is 22.9 Å². The van der Waals surface area contributed by atoms with Gasteiger partial charge in [-0.3, -0.25) is 14.9 Å². The van der Waals surface area contributed by atoms with Gasteiger partial charge in [0.1, 0.15) is 0 Å². The summed E-state index contributed by atoms with van der Waals surface area (Å²) in [5.74, 6) is -1.29. The van der Waals surface area contributed by atoms with Crippen LogP contribution in [-0.4, -0.2) is 29.5 Å². The van der Waals surface area contributed by atoms with Crippen LogP contribution in [0.5, 0.6) is 5.75 Å². The molecule has 0 radical (unpaired) electrons. The summed E-state index contributed by atoms with van der Waals surface area (Å²) in [5.41, 5.74) is 0.180. The van der Waals surface area contributed by atoms with Crippen molar-refractivity contribution < 1.29 is 24.0 Å². The summed E-state index contributed by atoms with van der Waals surface area (Å²) in [6.45, 7) is 3.36. The van der Waals surface area contributed by atoms with Crippen LogP contribution in [0, 0.1) is 10.1 Å². The van der Waals surface area contributed by atoms with Gasteiger partial charge in [-0.15, -0.1) is 0 Å². The molecule has 0 bridgehead atoms. The number of carbonyl (C=O) groups excluding carboxylic acids is 2. The topological polar surface area (TPSA) is 108 Å². The molecule has 0 aliphatic rings. The zero-order valence-corrected chi connectivity index (χ0v) is 14.3. The molecule has 26 heavy (non-hydrogen) atoms. The zero-order valence-electron chi connectivity index (χ0n) is 14.3. The molecule has 8 heteroatoms. The first kappa shape index (κ1) is 18.9. The Morgan fingerprint density at radius 1 is 1.19 bits per heavy atom. The van der Waals surface area contributed by atoms with E-state index in [0.29, 0.717) is 5.69 Å². The molecule has 0 aliphatic heterocycles. The number of amides is 1. The van der Waals surface area contributed by atoms with Crippen LogP contribution in [0.25, 0.3) is 0 Å². The van der Waals surface area contributed by atoms with E-state index in [9.17, 15) is 19.7 Å². The van der Waals surface area contributed by atoms with E-state index in [2.05, 4.69) is 5.32 Å². The number of para-hydroxylation sites is 1. The van der Waals surface area contributed by atoms with E-state index in [1.54, 1.807) is 37.3 Å². The Morgan fingerprint density at radius 3 is 2.50 bits per heavy atom. The van der Waals surface area contributed by atoms with Crippen molar-refractivity contribution >= 4 is 23.3 Å². The molecule has 0 spiro atoms. The Morgan fingerprint density at radius 2 is 1.88 bits per heavy atom. The number of ether oxygens (including phenoxy) is 2. The second-order valence-corrected chi connectivity index (χ2v) is 5.28. The predicted octanol–water partition coefficient (Wildman–Crippen LogP) is 3.18. The molecular formula is C18H18N2O6. The minimum absolute atomic E-state index is 0.0421. The third kappa shape index (κ3) is 4.79. The largest absolute Gasteiger partial charge is 0.487 e. The summed E-state index contributed by atoms with van der Waals surface area (Å²) < 4.78 is 10.3. The van der Waals surface area contributed by atoms with Crippen molar-refractivity contribution in [2.45, 2.75) is 20.0 Å². The van der Waals surface area contributed by atoms with Gasteiger partial charge in [-0.25, -0.2) is 4.79 Å². The highest BCUT2D eigenvalue weighted by molar-refractivity contribution is 5.97.